The Kier molecular flexibility index (Phi) is 5.13. The fraction of sp³-hybridized carbons (Fsp3) is 0.571. The van der Waals surface area contributed by atoms with Crippen molar-refractivity contribution in [2.24, 2.45) is 5.92 Å². The van der Waals surface area contributed by atoms with Crippen LogP contribution in [0.25, 0.3) is 0 Å². The Morgan fingerprint density at radius 3 is 2.71 bits per heavy atom. The third-order valence-corrected chi connectivity index (χ3v) is 2.51. The van der Waals surface area contributed by atoms with Crippen LogP contribution >= 0.6 is 0 Å². The van der Waals surface area contributed by atoms with E-state index in [1.54, 1.807) is 7.11 Å². The number of carbonyl (C=O) groups excluding carboxylic acids is 1. The Hall–Kier alpha value is -1.38. The number of pyridine rings is 1. The zero-order valence-electron chi connectivity index (χ0n) is 11.1. The molecule has 0 radical (unpaired) electrons. The molecule has 1 aromatic heterocycles. The van der Waals surface area contributed by atoms with E-state index in [4.69, 9.17) is 4.74 Å². The highest BCUT2D eigenvalue weighted by molar-refractivity contribution is 5.78. The van der Waals surface area contributed by atoms with Crippen LogP contribution in [0.4, 0.5) is 0 Å². The fourth-order valence-electron chi connectivity index (χ4n) is 1.77. The first-order valence-electron chi connectivity index (χ1n) is 6.04. The van der Waals surface area contributed by atoms with Crippen molar-refractivity contribution in [3.8, 4) is 5.75 Å². The van der Waals surface area contributed by atoms with Gasteiger partial charge in [0.1, 0.15) is 11.5 Å². The summed E-state index contributed by atoms with van der Waals surface area (Å²) in [5.74, 6) is 1.55. The molecule has 17 heavy (non-hydrogen) atoms. The second-order valence-corrected chi connectivity index (χ2v) is 4.78. The van der Waals surface area contributed by atoms with E-state index in [0.29, 0.717) is 31.0 Å². The number of methoxy groups -OCH3 is 1. The zero-order valence-corrected chi connectivity index (χ0v) is 11.1. The van der Waals surface area contributed by atoms with Gasteiger partial charge in [-0.05, 0) is 19.3 Å². The number of rotatable bonds is 6. The van der Waals surface area contributed by atoms with Crippen LogP contribution < -0.4 is 4.74 Å². The molecule has 0 fully saturated rings. The van der Waals surface area contributed by atoms with Gasteiger partial charge in [-0.1, -0.05) is 13.8 Å². The van der Waals surface area contributed by atoms with Crippen molar-refractivity contribution in [2.45, 2.75) is 40.0 Å². The summed E-state index contributed by atoms with van der Waals surface area (Å²) in [6, 6.07) is 3.79. The summed E-state index contributed by atoms with van der Waals surface area (Å²) in [6.45, 7) is 6.06. The van der Waals surface area contributed by atoms with Gasteiger partial charge in [0.2, 0.25) is 0 Å². The Bertz CT molecular complexity index is 386. The monoisotopic (exact) mass is 235 g/mol. The molecular weight excluding hydrogens is 214 g/mol. The van der Waals surface area contributed by atoms with E-state index >= 15 is 0 Å². The van der Waals surface area contributed by atoms with E-state index < -0.39 is 0 Å². The van der Waals surface area contributed by atoms with Crippen molar-refractivity contribution in [1.82, 2.24) is 4.98 Å². The summed E-state index contributed by atoms with van der Waals surface area (Å²) in [4.78, 5) is 16.0. The topological polar surface area (TPSA) is 39.2 Å². The van der Waals surface area contributed by atoms with Gasteiger partial charge < -0.3 is 4.74 Å². The van der Waals surface area contributed by atoms with E-state index in [2.05, 4.69) is 18.8 Å². The molecule has 0 saturated heterocycles. The molecule has 1 aromatic rings. The second-order valence-electron chi connectivity index (χ2n) is 4.78. The molecule has 0 aliphatic heterocycles. The average molecular weight is 235 g/mol. The maximum absolute atomic E-state index is 11.6. The van der Waals surface area contributed by atoms with Crippen LogP contribution in [-0.4, -0.2) is 17.9 Å². The third-order valence-electron chi connectivity index (χ3n) is 2.51. The summed E-state index contributed by atoms with van der Waals surface area (Å²) in [7, 11) is 1.64. The molecule has 3 heteroatoms. The lowest BCUT2D eigenvalue weighted by molar-refractivity contribution is -0.119. The second kappa shape index (κ2) is 6.38. The predicted octanol–water partition coefficient (Wildman–Crippen LogP) is 2.95. The maximum Gasteiger partial charge on any atom is 0.133 e. The van der Waals surface area contributed by atoms with Gasteiger partial charge in [-0.15, -0.1) is 0 Å². The summed E-state index contributed by atoms with van der Waals surface area (Å²) in [5, 5.41) is 0. The molecule has 0 aromatic carbocycles. The van der Waals surface area contributed by atoms with Crippen LogP contribution in [0.3, 0.4) is 0 Å². The zero-order chi connectivity index (χ0) is 12.8. The van der Waals surface area contributed by atoms with Crippen LogP contribution in [-0.2, 0) is 11.2 Å². The lowest BCUT2D eigenvalue weighted by Gasteiger charge is -2.06. The van der Waals surface area contributed by atoms with Gasteiger partial charge in [-0.3, -0.25) is 9.78 Å². The molecule has 0 aliphatic carbocycles. The smallest absolute Gasteiger partial charge is 0.133 e. The van der Waals surface area contributed by atoms with Crippen LogP contribution in [0, 0.1) is 12.8 Å². The SMILES string of the molecule is COc1cc(C)nc(CCC(=O)CC(C)C)c1. The number of carbonyl (C=O) groups is 1. The molecule has 0 amide bonds. The van der Waals surface area contributed by atoms with Gasteiger partial charge in [0.05, 0.1) is 7.11 Å². The normalized spacial score (nSPS) is 10.6. The average Bonchev–Trinajstić information content (AvgIpc) is 2.24. The van der Waals surface area contributed by atoms with Gasteiger partial charge >= 0.3 is 0 Å². The lowest BCUT2D eigenvalue weighted by Crippen LogP contribution is -2.05. The highest BCUT2D eigenvalue weighted by Crippen LogP contribution is 2.15. The molecule has 0 saturated carbocycles. The number of nitrogens with zero attached hydrogens (tertiary/aromatic N) is 1. The van der Waals surface area contributed by atoms with Crippen LogP contribution in [0.15, 0.2) is 12.1 Å². The molecule has 0 bridgehead atoms. The number of hydrogen-bond donors (Lipinski definition) is 0. The molecular formula is C14H21NO2. The first-order chi connectivity index (χ1) is 8.01. The van der Waals surface area contributed by atoms with E-state index in [0.717, 1.165) is 17.1 Å². The first-order valence-corrected chi connectivity index (χ1v) is 6.04. The van der Waals surface area contributed by atoms with E-state index in [9.17, 15) is 4.79 Å². The van der Waals surface area contributed by atoms with Gasteiger partial charge in [0.15, 0.2) is 0 Å². The van der Waals surface area contributed by atoms with Crippen LogP contribution in [0.1, 0.15) is 38.1 Å². The number of ether oxygens (including phenoxy) is 1. The molecule has 0 N–H and O–H groups in total. The number of aryl methyl sites for hydroxylation is 2. The third kappa shape index (κ3) is 4.98. The number of ketones is 1. The summed E-state index contributed by atoms with van der Waals surface area (Å²) in [6.07, 6.45) is 1.92. The minimum atomic E-state index is 0.308. The van der Waals surface area contributed by atoms with Crippen molar-refractivity contribution in [1.29, 1.82) is 0 Å². The highest BCUT2D eigenvalue weighted by Gasteiger charge is 2.07. The van der Waals surface area contributed by atoms with Crippen LogP contribution in [0.2, 0.25) is 0 Å². The van der Waals surface area contributed by atoms with Gasteiger partial charge in [-0.2, -0.15) is 0 Å². The molecule has 0 aliphatic rings. The minimum Gasteiger partial charge on any atom is -0.497 e. The molecule has 1 rings (SSSR count). The number of aromatic nitrogens is 1. The van der Waals surface area contributed by atoms with Crippen molar-refractivity contribution in [2.75, 3.05) is 7.11 Å². The Morgan fingerprint density at radius 2 is 2.12 bits per heavy atom. The van der Waals surface area contributed by atoms with Gasteiger partial charge in [0.25, 0.3) is 0 Å². The summed E-state index contributed by atoms with van der Waals surface area (Å²) >= 11 is 0. The molecule has 1 heterocycles. The summed E-state index contributed by atoms with van der Waals surface area (Å²) in [5.41, 5.74) is 1.86. The van der Waals surface area contributed by atoms with Gasteiger partial charge in [-0.25, -0.2) is 0 Å². The number of Topliss-reactive ketones (excluding diaryl/α,β-unsaturated/α-hetero) is 1. The Balaban J connectivity index is 2.57. The van der Waals surface area contributed by atoms with Gasteiger partial charge in [0, 0.05) is 36.4 Å². The highest BCUT2D eigenvalue weighted by atomic mass is 16.5. The van der Waals surface area contributed by atoms with E-state index in [1.165, 1.54) is 0 Å². The molecule has 3 nitrogen and oxygen atoms in total. The largest absolute Gasteiger partial charge is 0.497 e. The molecule has 0 atom stereocenters. The van der Waals surface area contributed by atoms with Crippen LogP contribution in [0.5, 0.6) is 5.75 Å². The maximum atomic E-state index is 11.6. The predicted molar refractivity (Wildman–Crippen MR) is 68.3 cm³/mol. The molecule has 0 unspecified atom stereocenters. The minimum absolute atomic E-state index is 0.308. The van der Waals surface area contributed by atoms with E-state index in [-0.39, 0.29) is 0 Å². The molecule has 0 spiro atoms. The standard InChI is InChI=1S/C14H21NO2/c1-10(2)7-13(16)6-5-12-9-14(17-4)8-11(3)15-12/h8-10H,5-7H2,1-4H3. The van der Waals surface area contributed by atoms with Crippen molar-refractivity contribution in [3.05, 3.63) is 23.5 Å². The Morgan fingerprint density at radius 1 is 1.41 bits per heavy atom. The summed E-state index contributed by atoms with van der Waals surface area (Å²) < 4.78 is 5.18. The quantitative estimate of drug-likeness (QED) is 0.761. The number of hydrogen-bond acceptors (Lipinski definition) is 3. The lowest BCUT2D eigenvalue weighted by atomic mass is 10.0. The van der Waals surface area contributed by atoms with Crippen molar-refractivity contribution < 1.29 is 9.53 Å². The van der Waals surface area contributed by atoms with Crippen molar-refractivity contribution >= 4 is 5.78 Å². The molecule has 94 valence electrons. The first kappa shape index (κ1) is 13.7. The van der Waals surface area contributed by atoms with Crippen molar-refractivity contribution in [3.63, 3.8) is 0 Å². The fourth-order valence-corrected chi connectivity index (χ4v) is 1.77. The Labute approximate surface area is 103 Å². The van der Waals surface area contributed by atoms with E-state index in [1.807, 2.05) is 19.1 Å².